The van der Waals surface area contributed by atoms with Crippen LogP contribution in [0.1, 0.15) is 21.8 Å². The molecular formula is C19H17N3O5. The van der Waals surface area contributed by atoms with Gasteiger partial charge in [0.2, 0.25) is 5.89 Å². The van der Waals surface area contributed by atoms with Gasteiger partial charge in [-0.25, -0.2) is 0 Å². The molecule has 0 atom stereocenters. The van der Waals surface area contributed by atoms with E-state index in [0.717, 1.165) is 11.3 Å². The Bertz CT molecular complexity index is 969. The fraction of sp³-hybridized carbons (Fsp3) is 0.211. The Morgan fingerprint density at radius 2 is 1.96 bits per heavy atom. The maximum absolute atomic E-state index is 12.3. The summed E-state index contributed by atoms with van der Waals surface area (Å²) in [6, 6.07) is 12.5. The second kappa shape index (κ2) is 7.36. The van der Waals surface area contributed by atoms with Gasteiger partial charge in [0, 0.05) is 5.56 Å². The molecule has 138 valence electrons. The molecule has 1 N–H and O–H groups in total. The zero-order valence-electron chi connectivity index (χ0n) is 14.6. The molecule has 0 saturated heterocycles. The molecule has 27 heavy (non-hydrogen) atoms. The summed E-state index contributed by atoms with van der Waals surface area (Å²) in [5.74, 6) is 2.04. The maximum atomic E-state index is 12.3. The van der Waals surface area contributed by atoms with Gasteiger partial charge in [-0.1, -0.05) is 17.2 Å². The van der Waals surface area contributed by atoms with Crippen LogP contribution in [0.4, 0.5) is 6.01 Å². The smallest absolute Gasteiger partial charge is 0.322 e. The van der Waals surface area contributed by atoms with Gasteiger partial charge >= 0.3 is 6.01 Å². The Balaban J connectivity index is 1.43. The number of carbonyl (C=O) groups excluding carboxylic acids is 1. The van der Waals surface area contributed by atoms with Crippen molar-refractivity contribution in [1.29, 1.82) is 0 Å². The zero-order chi connectivity index (χ0) is 18.6. The first-order chi connectivity index (χ1) is 13.2. The Morgan fingerprint density at radius 1 is 1.11 bits per heavy atom. The second-order valence-electron chi connectivity index (χ2n) is 5.84. The summed E-state index contributed by atoms with van der Waals surface area (Å²) in [5.41, 5.74) is 1.37. The molecule has 1 aromatic heterocycles. The fourth-order valence-corrected chi connectivity index (χ4v) is 2.68. The Morgan fingerprint density at radius 3 is 2.81 bits per heavy atom. The maximum Gasteiger partial charge on any atom is 0.322 e. The highest BCUT2D eigenvalue weighted by Gasteiger charge is 2.15. The summed E-state index contributed by atoms with van der Waals surface area (Å²) in [6.07, 6.45) is 0.415. The van der Waals surface area contributed by atoms with E-state index in [1.54, 1.807) is 31.4 Å². The van der Waals surface area contributed by atoms with Crippen LogP contribution in [0.3, 0.4) is 0 Å². The van der Waals surface area contributed by atoms with Gasteiger partial charge in [-0.2, -0.15) is 0 Å². The predicted octanol–water partition coefficient (Wildman–Crippen LogP) is 2.69. The molecule has 8 heteroatoms. The van der Waals surface area contributed by atoms with Gasteiger partial charge in [-0.3, -0.25) is 10.1 Å². The van der Waals surface area contributed by atoms with E-state index < -0.39 is 0 Å². The summed E-state index contributed by atoms with van der Waals surface area (Å²) in [4.78, 5) is 12.3. The number of carbonyl (C=O) groups is 1. The number of hydrogen-bond donors (Lipinski definition) is 1. The number of amides is 1. The number of anilines is 1. The van der Waals surface area contributed by atoms with Crippen molar-refractivity contribution in [2.75, 3.05) is 25.6 Å². The fourth-order valence-electron chi connectivity index (χ4n) is 2.68. The van der Waals surface area contributed by atoms with Gasteiger partial charge in [-0.05, 0) is 35.9 Å². The molecular weight excluding hydrogens is 350 g/mol. The van der Waals surface area contributed by atoms with Crippen LogP contribution >= 0.6 is 0 Å². The van der Waals surface area contributed by atoms with E-state index in [9.17, 15) is 4.79 Å². The predicted molar refractivity (Wildman–Crippen MR) is 95.5 cm³/mol. The number of aromatic nitrogens is 2. The first-order valence-electron chi connectivity index (χ1n) is 8.37. The molecule has 0 saturated carbocycles. The molecule has 0 spiro atoms. The van der Waals surface area contributed by atoms with Crippen molar-refractivity contribution in [3.8, 4) is 17.2 Å². The SMILES string of the molecule is COc1cccc(C(=O)Nc2nnc(Cc3ccc4c(c3)OCCO4)o2)c1. The Hall–Kier alpha value is -3.55. The van der Waals surface area contributed by atoms with Crippen LogP contribution in [0, 0.1) is 0 Å². The monoisotopic (exact) mass is 367 g/mol. The van der Waals surface area contributed by atoms with Crippen molar-refractivity contribution in [1.82, 2.24) is 10.2 Å². The van der Waals surface area contributed by atoms with Gasteiger partial charge in [0.1, 0.15) is 19.0 Å². The van der Waals surface area contributed by atoms with Gasteiger partial charge in [0.05, 0.1) is 13.5 Å². The molecule has 3 aromatic rings. The quantitative estimate of drug-likeness (QED) is 0.741. The molecule has 1 amide bonds. The lowest BCUT2D eigenvalue weighted by molar-refractivity contribution is 0.102. The van der Waals surface area contributed by atoms with Crippen LogP contribution in [0.5, 0.6) is 17.2 Å². The van der Waals surface area contributed by atoms with E-state index in [1.807, 2.05) is 18.2 Å². The van der Waals surface area contributed by atoms with E-state index in [2.05, 4.69) is 15.5 Å². The van der Waals surface area contributed by atoms with E-state index in [4.69, 9.17) is 18.6 Å². The standard InChI is InChI=1S/C19H17N3O5/c1-24-14-4-2-3-13(11-14)18(23)20-19-22-21-17(27-19)10-12-5-6-15-16(9-12)26-8-7-25-15/h2-6,9,11H,7-8,10H2,1H3,(H,20,22,23). The highest BCUT2D eigenvalue weighted by molar-refractivity contribution is 6.03. The number of ether oxygens (including phenoxy) is 3. The first kappa shape index (κ1) is 16.9. The lowest BCUT2D eigenvalue weighted by atomic mass is 10.1. The molecule has 2 heterocycles. The molecule has 0 fully saturated rings. The van der Waals surface area contributed by atoms with Crippen LogP contribution in [0.15, 0.2) is 46.9 Å². The minimum absolute atomic E-state index is 0.0374. The van der Waals surface area contributed by atoms with E-state index in [-0.39, 0.29) is 11.9 Å². The third-order valence-electron chi connectivity index (χ3n) is 3.98. The highest BCUT2D eigenvalue weighted by Crippen LogP contribution is 2.31. The normalized spacial score (nSPS) is 12.5. The van der Waals surface area contributed by atoms with Crippen molar-refractivity contribution < 1.29 is 23.4 Å². The molecule has 0 bridgehead atoms. The average Bonchev–Trinajstić information content (AvgIpc) is 3.14. The third kappa shape index (κ3) is 3.84. The molecule has 8 nitrogen and oxygen atoms in total. The minimum atomic E-state index is -0.358. The van der Waals surface area contributed by atoms with E-state index >= 15 is 0 Å². The Kier molecular flexibility index (Phi) is 4.61. The summed E-state index contributed by atoms with van der Waals surface area (Å²) in [6.45, 7) is 1.07. The number of hydrogen-bond acceptors (Lipinski definition) is 7. The summed E-state index contributed by atoms with van der Waals surface area (Å²) >= 11 is 0. The van der Waals surface area contributed by atoms with Crippen LogP contribution < -0.4 is 19.5 Å². The second-order valence-corrected chi connectivity index (χ2v) is 5.84. The minimum Gasteiger partial charge on any atom is -0.497 e. The summed E-state index contributed by atoms with van der Waals surface area (Å²) in [5, 5.41) is 10.4. The molecule has 0 radical (unpaired) electrons. The molecule has 1 aliphatic heterocycles. The van der Waals surface area contributed by atoms with Gasteiger partial charge < -0.3 is 18.6 Å². The number of benzene rings is 2. The van der Waals surface area contributed by atoms with Crippen LogP contribution in [-0.2, 0) is 6.42 Å². The number of rotatable bonds is 5. The number of nitrogens with zero attached hydrogens (tertiary/aromatic N) is 2. The zero-order valence-corrected chi connectivity index (χ0v) is 14.6. The number of fused-ring (bicyclic) bond motifs is 1. The Labute approximate surface area is 155 Å². The molecule has 0 unspecified atom stereocenters. The van der Waals surface area contributed by atoms with Crippen LogP contribution in [-0.4, -0.2) is 36.4 Å². The van der Waals surface area contributed by atoms with Crippen molar-refractivity contribution >= 4 is 11.9 Å². The molecule has 2 aromatic carbocycles. The average molecular weight is 367 g/mol. The van der Waals surface area contributed by atoms with Crippen LogP contribution in [0.25, 0.3) is 0 Å². The molecule has 4 rings (SSSR count). The first-order valence-corrected chi connectivity index (χ1v) is 8.37. The van der Waals surface area contributed by atoms with Crippen molar-refractivity contribution in [3.63, 3.8) is 0 Å². The molecule has 1 aliphatic rings. The third-order valence-corrected chi connectivity index (χ3v) is 3.98. The highest BCUT2D eigenvalue weighted by atomic mass is 16.6. The largest absolute Gasteiger partial charge is 0.497 e. The van der Waals surface area contributed by atoms with Crippen molar-refractivity contribution in [3.05, 3.63) is 59.5 Å². The topological polar surface area (TPSA) is 95.7 Å². The van der Waals surface area contributed by atoms with Crippen molar-refractivity contribution in [2.24, 2.45) is 0 Å². The lowest BCUT2D eigenvalue weighted by Crippen LogP contribution is -2.15. The van der Waals surface area contributed by atoms with Crippen molar-refractivity contribution in [2.45, 2.75) is 6.42 Å². The summed E-state index contributed by atoms with van der Waals surface area (Å²) in [7, 11) is 1.54. The number of nitrogens with one attached hydrogen (secondary N) is 1. The lowest BCUT2D eigenvalue weighted by Gasteiger charge is -2.18. The van der Waals surface area contributed by atoms with Gasteiger partial charge in [0.25, 0.3) is 5.91 Å². The van der Waals surface area contributed by atoms with E-state index in [0.29, 0.717) is 42.6 Å². The molecule has 0 aliphatic carbocycles. The summed E-state index contributed by atoms with van der Waals surface area (Å²) < 4.78 is 21.7. The van der Waals surface area contributed by atoms with E-state index in [1.165, 1.54) is 0 Å². The van der Waals surface area contributed by atoms with Gasteiger partial charge in [-0.15, -0.1) is 5.10 Å². The van der Waals surface area contributed by atoms with Crippen LogP contribution in [0.2, 0.25) is 0 Å². The van der Waals surface area contributed by atoms with Gasteiger partial charge in [0.15, 0.2) is 11.5 Å². The number of methoxy groups -OCH3 is 1.